The molecule has 0 unspecified atom stereocenters. The topological polar surface area (TPSA) is 49.4 Å². The normalized spacial score (nSPS) is 11.7. The third-order valence-corrected chi connectivity index (χ3v) is 5.86. The van der Waals surface area contributed by atoms with Crippen LogP contribution in [-0.4, -0.2) is 35.1 Å². The van der Waals surface area contributed by atoms with Crippen molar-refractivity contribution in [2.24, 2.45) is 0 Å². The zero-order chi connectivity index (χ0) is 21.9. The Bertz CT molecular complexity index is 832. The van der Waals surface area contributed by atoms with Crippen molar-refractivity contribution in [1.82, 2.24) is 10.2 Å². The van der Waals surface area contributed by atoms with E-state index < -0.39 is 6.04 Å². The van der Waals surface area contributed by atoms with Crippen LogP contribution >= 0.6 is 23.4 Å². The second-order valence-electron chi connectivity index (χ2n) is 6.95. The Morgan fingerprint density at radius 3 is 2.47 bits per heavy atom. The van der Waals surface area contributed by atoms with Crippen LogP contribution in [0.15, 0.2) is 48.5 Å². The molecule has 2 amide bonds. The lowest BCUT2D eigenvalue weighted by Gasteiger charge is -2.30. The number of carbonyl (C=O) groups excluding carboxylic acids is 2. The average Bonchev–Trinajstić information content (AvgIpc) is 2.74. The van der Waals surface area contributed by atoms with Gasteiger partial charge >= 0.3 is 0 Å². The number of carbonyl (C=O) groups is 2. The Morgan fingerprint density at radius 1 is 1.13 bits per heavy atom. The predicted octanol–water partition coefficient (Wildman–Crippen LogP) is 5.05. The first-order chi connectivity index (χ1) is 14.5. The zero-order valence-corrected chi connectivity index (χ0v) is 18.9. The molecule has 1 atom stereocenters. The van der Waals surface area contributed by atoms with Crippen molar-refractivity contribution < 1.29 is 14.0 Å². The van der Waals surface area contributed by atoms with E-state index in [1.807, 2.05) is 26.0 Å². The van der Waals surface area contributed by atoms with Gasteiger partial charge in [-0.25, -0.2) is 4.39 Å². The number of rotatable bonds is 11. The number of nitrogens with zero attached hydrogens (tertiary/aromatic N) is 1. The highest BCUT2D eigenvalue weighted by Gasteiger charge is 2.28. The summed E-state index contributed by atoms with van der Waals surface area (Å²) in [6.07, 6.45) is 1.33. The van der Waals surface area contributed by atoms with Gasteiger partial charge in [0, 0.05) is 23.9 Å². The number of hydrogen-bond donors (Lipinski definition) is 1. The van der Waals surface area contributed by atoms with Crippen molar-refractivity contribution in [2.75, 3.05) is 12.3 Å². The van der Waals surface area contributed by atoms with Gasteiger partial charge in [0.25, 0.3) is 0 Å². The molecule has 0 aliphatic heterocycles. The molecule has 0 bridgehead atoms. The first-order valence-corrected chi connectivity index (χ1v) is 11.6. The van der Waals surface area contributed by atoms with Gasteiger partial charge in [-0.05, 0) is 42.2 Å². The highest BCUT2D eigenvalue weighted by atomic mass is 35.5. The van der Waals surface area contributed by atoms with Gasteiger partial charge in [-0.2, -0.15) is 0 Å². The van der Waals surface area contributed by atoms with Crippen molar-refractivity contribution in [2.45, 2.75) is 45.0 Å². The lowest BCUT2D eigenvalue weighted by Crippen LogP contribution is -2.49. The fraction of sp³-hybridized carbons (Fsp3) is 0.391. The van der Waals surface area contributed by atoms with E-state index in [9.17, 15) is 14.0 Å². The third-order valence-electron chi connectivity index (χ3n) is 4.64. The Hall–Kier alpha value is -2.05. The number of hydrogen-bond acceptors (Lipinski definition) is 3. The second kappa shape index (κ2) is 12.6. The molecule has 0 aliphatic rings. The van der Waals surface area contributed by atoms with Gasteiger partial charge < -0.3 is 10.2 Å². The molecule has 7 heteroatoms. The van der Waals surface area contributed by atoms with Crippen LogP contribution in [-0.2, 0) is 21.9 Å². The summed E-state index contributed by atoms with van der Waals surface area (Å²) in [7, 11) is 0. The summed E-state index contributed by atoms with van der Waals surface area (Å²) in [5, 5.41) is 3.51. The smallest absolute Gasteiger partial charge is 0.242 e. The van der Waals surface area contributed by atoms with Crippen LogP contribution in [0.2, 0.25) is 5.02 Å². The number of thioether (sulfide) groups is 1. The van der Waals surface area contributed by atoms with Gasteiger partial charge in [0.05, 0.1) is 5.75 Å². The van der Waals surface area contributed by atoms with Gasteiger partial charge in [0.1, 0.15) is 11.9 Å². The average molecular weight is 451 g/mol. The van der Waals surface area contributed by atoms with Crippen LogP contribution in [0.3, 0.4) is 0 Å². The van der Waals surface area contributed by atoms with E-state index in [-0.39, 0.29) is 23.4 Å². The lowest BCUT2D eigenvalue weighted by molar-refractivity contribution is -0.139. The van der Waals surface area contributed by atoms with E-state index in [1.54, 1.807) is 35.2 Å². The van der Waals surface area contributed by atoms with Gasteiger partial charge in [0.2, 0.25) is 11.8 Å². The van der Waals surface area contributed by atoms with Crippen molar-refractivity contribution in [3.05, 3.63) is 70.5 Å². The van der Waals surface area contributed by atoms with Crippen molar-refractivity contribution >= 4 is 35.2 Å². The van der Waals surface area contributed by atoms with Gasteiger partial charge in [-0.1, -0.05) is 55.8 Å². The van der Waals surface area contributed by atoms with E-state index in [0.717, 1.165) is 12.0 Å². The van der Waals surface area contributed by atoms with Gasteiger partial charge in [-0.3, -0.25) is 9.59 Å². The highest BCUT2D eigenvalue weighted by molar-refractivity contribution is 7.99. The molecule has 0 spiro atoms. The summed E-state index contributed by atoms with van der Waals surface area (Å²) >= 11 is 7.31. The van der Waals surface area contributed by atoms with Crippen molar-refractivity contribution in [1.29, 1.82) is 0 Å². The van der Waals surface area contributed by atoms with Crippen LogP contribution in [0.5, 0.6) is 0 Å². The molecule has 2 aromatic rings. The summed E-state index contributed by atoms with van der Waals surface area (Å²) in [6, 6.07) is 13.2. The second-order valence-corrected chi connectivity index (χ2v) is 8.37. The summed E-state index contributed by atoms with van der Waals surface area (Å²) in [4.78, 5) is 27.4. The van der Waals surface area contributed by atoms with Crippen LogP contribution in [0.4, 0.5) is 4.39 Å². The molecular weight excluding hydrogens is 423 g/mol. The zero-order valence-electron chi connectivity index (χ0n) is 17.4. The van der Waals surface area contributed by atoms with E-state index in [2.05, 4.69) is 5.32 Å². The highest BCUT2D eigenvalue weighted by Crippen LogP contribution is 2.19. The molecule has 0 radical (unpaired) electrons. The van der Waals surface area contributed by atoms with E-state index in [4.69, 9.17) is 11.6 Å². The molecule has 0 heterocycles. The van der Waals surface area contributed by atoms with E-state index >= 15 is 0 Å². The van der Waals surface area contributed by atoms with Gasteiger partial charge in [-0.15, -0.1) is 11.8 Å². The third kappa shape index (κ3) is 7.33. The Kier molecular flexibility index (Phi) is 10.2. The van der Waals surface area contributed by atoms with Crippen LogP contribution in [0, 0.1) is 5.82 Å². The Labute approximate surface area is 187 Å². The van der Waals surface area contributed by atoms with Gasteiger partial charge in [0.15, 0.2) is 0 Å². The molecule has 0 aromatic heterocycles. The number of nitrogens with one attached hydrogen (secondary N) is 1. The van der Waals surface area contributed by atoms with Crippen LogP contribution in [0.1, 0.15) is 37.8 Å². The maximum absolute atomic E-state index is 13.8. The molecule has 30 heavy (non-hydrogen) atoms. The summed E-state index contributed by atoms with van der Waals surface area (Å²) in [5.41, 5.74) is 1.46. The maximum atomic E-state index is 13.8. The quantitative estimate of drug-likeness (QED) is 0.521. The molecule has 4 nitrogen and oxygen atoms in total. The Morgan fingerprint density at radius 2 is 1.83 bits per heavy atom. The van der Waals surface area contributed by atoms with Crippen LogP contribution < -0.4 is 5.32 Å². The lowest BCUT2D eigenvalue weighted by atomic mass is 10.1. The minimum atomic E-state index is -0.561. The molecule has 0 aliphatic carbocycles. The SMILES string of the molecule is CCCNC(=O)[C@@H](CC)N(Cc1ccc(Cl)cc1)C(=O)CSCc1ccccc1F. The van der Waals surface area contributed by atoms with Crippen molar-refractivity contribution in [3.8, 4) is 0 Å². The minimum Gasteiger partial charge on any atom is -0.354 e. The predicted molar refractivity (Wildman–Crippen MR) is 122 cm³/mol. The molecule has 2 aromatic carbocycles. The molecule has 1 N–H and O–H groups in total. The standard InChI is InChI=1S/C23H28ClFN2O2S/c1-3-13-26-23(29)21(4-2)27(14-17-9-11-19(24)12-10-17)22(28)16-30-15-18-7-5-6-8-20(18)25/h5-12,21H,3-4,13-16H2,1-2H3,(H,26,29)/t21-/m1/s1. The summed E-state index contributed by atoms with van der Waals surface area (Å²) in [5.74, 6) is -0.0164. The van der Waals surface area contributed by atoms with E-state index in [0.29, 0.717) is 35.8 Å². The first kappa shape index (κ1) is 24.2. The molecule has 0 saturated heterocycles. The summed E-state index contributed by atoms with van der Waals surface area (Å²) < 4.78 is 13.8. The Balaban J connectivity index is 2.11. The number of amides is 2. The molecule has 162 valence electrons. The largest absolute Gasteiger partial charge is 0.354 e. The molecule has 0 fully saturated rings. The first-order valence-electron chi connectivity index (χ1n) is 10.1. The fourth-order valence-corrected chi connectivity index (χ4v) is 4.04. The van der Waals surface area contributed by atoms with Crippen LogP contribution in [0.25, 0.3) is 0 Å². The van der Waals surface area contributed by atoms with E-state index in [1.165, 1.54) is 17.8 Å². The molecule has 2 rings (SSSR count). The van der Waals surface area contributed by atoms with Crippen molar-refractivity contribution in [3.63, 3.8) is 0 Å². The monoisotopic (exact) mass is 450 g/mol. The number of halogens is 2. The minimum absolute atomic E-state index is 0.148. The fourth-order valence-electron chi connectivity index (χ4n) is 3.02. The number of benzene rings is 2. The summed E-state index contributed by atoms with van der Waals surface area (Å²) in [6.45, 7) is 4.76. The maximum Gasteiger partial charge on any atom is 0.242 e. The molecular formula is C23H28ClFN2O2S. The molecule has 0 saturated carbocycles.